The maximum absolute atomic E-state index is 12.5. The Balaban J connectivity index is 2.20. The first-order valence-electron chi connectivity index (χ1n) is 7.61. The van der Waals surface area contributed by atoms with E-state index in [0.717, 1.165) is 12.0 Å². The van der Waals surface area contributed by atoms with Crippen molar-refractivity contribution in [3.63, 3.8) is 0 Å². The second-order valence-corrected chi connectivity index (χ2v) is 10.0. The summed E-state index contributed by atoms with van der Waals surface area (Å²) in [6.07, 6.45) is 1.73. The summed E-state index contributed by atoms with van der Waals surface area (Å²) in [5.41, 5.74) is 0.746. The number of unbranched alkanes of at least 4 members (excludes halogenated alkanes) is 1. The minimum atomic E-state index is -3.36. The fourth-order valence-corrected chi connectivity index (χ4v) is 6.28. The highest BCUT2D eigenvalue weighted by Gasteiger charge is 2.34. The van der Waals surface area contributed by atoms with Crippen LogP contribution in [0, 0.1) is 0 Å². The Morgan fingerprint density at radius 2 is 1.86 bits per heavy atom. The number of nitrogens with zero attached hydrogens (tertiary/aromatic N) is 1. The molecule has 1 atom stereocenters. The first kappa shape index (κ1) is 17.4. The van der Waals surface area contributed by atoms with E-state index < -0.39 is 25.1 Å². The normalized spacial score (nSPS) is 23.0. The molecule has 1 aromatic carbocycles. The summed E-state index contributed by atoms with van der Waals surface area (Å²) in [5, 5.41) is -0.611. The molecule has 0 saturated carbocycles. The Morgan fingerprint density at radius 3 is 2.50 bits per heavy atom. The van der Waals surface area contributed by atoms with Crippen LogP contribution in [-0.2, 0) is 19.9 Å². The summed E-state index contributed by atoms with van der Waals surface area (Å²) < 4.78 is 50.9. The third-order valence-corrected chi connectivity index (χ3v) is 8.10. The standard InChI is InChI=1S/C15H23NO4S2/c1-2-3-12-22(19,20)16-10-9-15(21(17,18)13-11-16)14-7-5-4-6-8-14/h4-8,15H,2-3,9-13H2,1H3. The van der Waals surface area contributed by atoms with Crippen LogP contribution < -0.4 is 0 Å². The highest BCUT2D eigenvalue weighted by molar-refractivity contribution is 7.92. The van der Waals surface area contributed by atoms with Gasteiger partial charge >= 0.3 is 0 Å². The highest BCUT2D eigenvalue weighted by Crippen LogP contribution is 2.30. The Labute approximate surface area is 133 Å². The molecule has 5 nitrogen and oxygen atoms in total. The number of rotatable bonds is 5. The Kier molecular flexibility index (Phi) is 5.63. The number of sulfone groups is 1. The first-order chi connectivity index (χ1) is 10.4. The van der Waals surface area contributed by atoms with Crippen LogP contribution in [-0.4, -0.2) is 45.7 Å². The lowest BCUT2D eigenvalue weighted by molar-refractivity contribution is 0.427. The summed E-state index contributed by atoms with van der Waals surface area (Å²) >= 11 is 0. The zero-order valence-electron chi connectivity index (χ0n) is 12.8. The van der Waals surface area contributed by atoms with Crippen LogP contribution in [0.4, 0.5) is 0 Å². The second-order valence-electron chi connectivity index (χ2n) is 5.62. The summed E-state index contributed by atoms with van der Waals surface area (Å²) in [4.78, 5) is 0. The van der Waals surface area contributed by atoms with Crippen molar-refractivity contribution in [2.24, 2.45) is 0 Å². The molecule has 0 spiro atoms. The first-order valence-corrected chi connectivity index (χ1v) is 10.9. The van der Waals surface area contributed by atoms with Crippen molar-refractivity contribution in [3.05, 3.63) is 35.9 Å². The maximum Gasteiger partial charge on any atom is 0.214 e. The number of hydrogen-bond donors (Lipinski definition) is 0. The van der Waals surface area contributed by atoms with Gasteiger partial charge in [0.25, 0.3) is 0 Å². The minimum absolute atomic E-state index is 0.0672. The number of hydrogen-bond acceptors (Lipinski definition) is 4. The van der Waals surface area contributed by atoms with Crippen LogP contribution in [0.3, 0.4) is 0 Å². The van der Waals surface area contributed by atoms with Gasteiger partial charge < -0.3 is 0 Å². The lowest BCUT2D eigenvalue weighted by atomic mass is 10.1. The lowest BCUT2D eigenvalue weighted by Crippen LogP contribution is -2.35. The van der Waals surface area contributed by atoms with Crippen molar-refractivity contribution in [2.45, 2.75) is 31.4 Å². The van der Waals surface area contributed by atoms with E-state index in [-0.39, 0.29) is 24.6 Å². The molecule has 1 aliphatic rings. The molecule has 7 heteroatoms. The highest BCUT2D eigenvalue weighted by atomic mass is 32.2. The van der Waals surface area contributed by atoms with E-state index in [2.05, 4.69) is 0 Å². The zero-order valence-corrected chi connectivity index (χ0v) is 14.4. The van der Waals surface area contributed by atoms with Gasteiger partial charge in [-0.3, -0.25) is 0 Å². The van der Waals surface area contributed by atoms with Crippen LogP contribution >= 0.6 is 0 Å². The Morgan fingerprint density at radius 1 is 1.18 bits per heavy atom. The topological polar surface area (TPSA) is 71.5 Å². The third-order valence-electron chi connectivity index (χ3n) is 4.02. The largest absolute Gasteiger partial charge is 0.228 e. The molecular weight excluding hydrogens is 322 g/mol. The van der Waals surface area contributed by atoms with E-state index in [1.165, 1.54) is 4.31 Å². The molecule has 0 amide bonds. The van der Waals surface area contributed by atoms with Crippen molar-refractivity contribution >= 4 is 19.9 Å². The van der Waals surface area contributed by atoms with E-state index in [1.54, 1.807) is 12.1 Å². The third kappa shape index (κ3) is 4.08. The smallest absolute Gasteiger partial charge is 0.214 e. The van der Waals surface area contributed by atoms with E-state index in [9.17, 15) is 16.8 Å². The quantitative estimate of drug-likeness (QED) is 0.818. The molecule has 0 aliphatic carbocycles. The molecule has 1 heterocycles. The van der Waals surface area contributed by atoms with Gasteiger partial charge in [0.1, 0.15) is 0 Å². The fraction of sp³-hybridized carbons (Fsp3) is 0.600. The van der Waals surface area contributed by atoms with Crippen molar-refractivity contribution < 1.29 is 16.8 Å². The van der Waals surface area contributed by atoms with Crippen molar-refractivity contribution in [1.29, 1.82) is 0 Å². The Hall–Kier alpha value is -0.920. The van der Waals surface area contributed by atoms with Crippen LogP contribution in [0.1, 0.15) is 37.0 Å². The van der Waals surface area contributed by atoms with Gasteiger partial charge in [-0.2, -0.15) is 0 Å². The molecule has 1 unspecified atom stereocenters. The average molecular weight is 345 g/mol. The number of sulfonamides is 1. The zero-order chi connectivity index (χ0) is 16.2. The summed E-state index contributed by atoms with van der Waals surface area (Å²) in [7, 11) is -6.69. The van der Waals surface area contributed by atoms with Gasteiger partial charge in [-0.15, -0.1) is 0 Å². The van der Waals surface area contributed by atoms with Gasteiger partial charge in [0.2, 0.25) is 10.0 Å². The van der Waals surface area contributed by atoms with Crippen LogP contribution in [0.2, 0.25) is 0 Å². The van der Waals surface area contributed by atoms with E-state index >= 15 is 0 Å². The van der Waals surface area contributed by atoms with Gasteiger partial charge in [-0.05, 0) is 18.4 Å². The predicted octanol–water partition coefficient (Wildman–Crippen LogP) is 1.98. The monoisotopic (exact) mass is 345 g/mol. The maximum atomic E-state index is 12.5. The molecule has 1 aliphatic heterocycles. The van der Waals surface area contributed by atoms with Gasteiger partial charge in [-0.1, -0.05) is 43.7 Å². The lowest BCUT2D eigenvalue weighted by Gasteiger charge is -2.19. The average Bonchev–Trinajstić information content (AvgIpc) is 2.64. The molecule has 1 aromatic rings. The molecule has 1 saturated heterocycles. The Bertz CT molecular complexity index is 684. The molecule has 124 valence electrons. The summed E-state index contributed by atoms with van der Waals surface area (Å²) in [6, 6.07) is 9.05. The molecule has 0 aromatic heterocycles. The molecule has 2 rings (SSSR count). The van der Waals surface area contributed by atoms with Crippen molar-refractivity contribution in [3.8, 4) is 0 Å². The van der Waals surface area contributed by atoms with E-state index in [4.69, 9.17) is 0 Å². The van der Waals surface area contributed by atoms with Crippen LogP contribution in [0.5, 0.6) is 0 Å². The van der Waals surface area contributed by atoms with E-state index in [0.29, 0.717) is 12.8 Å². The van der Waals surface area contributed by atoms with Gasteiger partial charge in [0.15, 0.2) is 9.84 Å². The van der Waals surface area contributed by atoms with Gasteiger partial charge in [-0.25, -0.2) is 21.1 Å². The molecule has 22 heavy (non-hydrogen) atoms. The van der Waals surface area contributed by atoms with Crippen LogP contribution in [0.25, 0.3) is 0 Å². The fourth-order valence-electron chi connectivity index (χ4n) is 2.70. The minimum Gasteiger partial charge on any atom is -0.228 e. The molecular formula is C15H23NO4S2. The number of benzene rings is 1. The summed E-state index contributed by atoms with van der Waals surface area (Å²) in [5.74, 6) is -0.0164. The predicted molar refractivity (Wildman–Crippen MR) is 87.9 cm³/mol. The molecule has 0 N–H and O–H groups in total. The van der Waals surface area contributed by atoms with Crippen LogP contribution in [0.15, 0.2) is 30.3 Å². The molecule has 0 radical (unpaired) electrons. The van der Waals surface area contributed by atoms with Gasteiger partial charge in [0.05, 0.1) is 16.8 Å². The van der Waals surface area contributed by atoms with Crippen molar-refractivity contribution in [2.75, 3.05) is 24.6 Å². The van der Waals surface area contributed by atoms with Gasteiger partial charge in [0, 0.05) is 13.1 Å². The SMILES string of the molecule is CCCCS(=O)(=O)N1CCC(c2ccccc2)S(=O)(=O)CC1. The molecule has 0 bridgehead atoms. The molecule has 1 fully saturated rings. The van der Waals surface area contributed by atoms with E-state index in [1.807, 2.05) is 25.1 Å². The van der Waals surface area contributed by atoms with Crippen molar-refractivity contribution in [1.82, 2.24) is 4.31 Å². The second kappa shape index (κ2) is 7.10. The summed E-state index contributed by atoms with van der Waals surface area (Å²) in [6.45, 7) is 2.27.